The summed E-state index contributed by atoms with van der Waals surface area (Å²) >= 11 is 0. The Hall–Kier alpha value is -2.62. The molecule has 0 aliphatic rings. The van der Waals surface area contributed by atoms with Gasteiger partial charge in [-0.2, -0.15) is 0 Å². The summed E-state index contributed by atoms with van der Waals surface area (Å²) in [5.74, 6) is 0.232. The molecule has 2 aromatic carbocycles. The summed E-state index contributed by atoms with van der Waals surface area (Å²) in [6.07, 6.45) is 0. The Morgan fingerprint density at radius 2 is 1.75 bits per heavy atom. The monoisotopic (exact) mass is 325 g/mol. The van der Waals surface area contributed by atoms with Gasteiger partial charge in [0.2, 0.25) is 0 Å². The quantitative estimate of drug-likeness (QED) is 0.616. The molecule has 0 aromatic heterocycles. The number of aliphatic imine (C=N–C) groups is 1. The van der Waals surface area contributed by atoms with Crippen LogP contribution < -0.4 is 4.74 Å². The van der Waals surface area contributed by atoms with Crippen LogP contribution in [0, 0.1) is 0 Å². The van der Waals surface area contributed by atoms with Gasteiger partial charge in [-0.05, 0) is 38.5 Å². The van der Waals surface area contributed by atoms with Crippen molar-refractivity contribution in [2.45, 2.75) is 32.9 Å². The summed E-state index contributed by atoms with van der Waals surface area (Å²) in [5.41, 5.74) is 1.43. The summed E-state index contributed by atoms with van der Waals surface area (Å²) in [6, 6.07) is 17.1. The average Bonchev–Trinajstić information content (AvgIpc) is 2.54. The Balaban J connectivity index is 2.35. The standard InChI is InChI=1S/C20H23NO3/c1-20(2,3)24-19(22)18(16-11-8-12-17(13-16)23-4)21-14-15-9-6-5-7-10-15/h5-13H,14H2,1-4H3. The van der Waals surface area contributed by atoms with E-state index in [0.29, 0.717) is 23.6 Å². The van der Waals surface area contributed by atoms with E-state index in [4.69, 9.17) is 9.47 Å². The van der Waals surface area contributed by atoms with Crippen molar-refractivity contribution in [3.63, 3.8) is 0 Å². The molecule has 0 aliphatic heterocycles. The molecular formula is C20H23NO3. The van der Waals surface area contributed by atoms with Crippen LogP contribution in [0.15, 0.2) is 59.6 Å². The van der Waals surface area contributed by atoms with Crippen molar-refractivity contribution in [3.05, 3.63) is 65.7 Å². The van der Waals surface area contributed by atoms with Crippen LogP contribution in [0.4, 0.5) is 0 Å². The highest BCUT2D eigenvalue weighted by Gasteiger charge is 2.22. The van der Waals surface area contributed by atoms with Crippen molar-refractivity contribution >= 4 is 11.7 Å². The Bertz CT molecular complexity index is 715. The molecule has 0 atom stereocenters. The molecular weight excluding hydrogens is 302 g/mol. The zero-order valence-electron chi connectivity index (χ0n) is 14.6. The van der Waals surface area contributed by atoms with Crippen LogP contribution in [0.25, 0.3) is 0 Å². The zero-order chi connectivity index (χ0) is 17.6. The van der Waals surface area contributed by atoms with Gasteiger partial charge in [0.05, 0.1) is 13.7 Å². The molecule has 4 nitrogen and oxygen atoms in total. The molecule has 0 saturated carbocycles. The molecule has 4 heteroatoms. The maximum atomic E-state index is 12.6. The van der Waals surface area contributed by atoms with E-state index in [1.54, 1.807) is 13.2 Å². The number of benzene rings is 2. The number of hydrogen-bond acceptors (Lipinski definition) is 4. The SMILES string of the molecule is COc1cccc(C(=NCc2ccccc2)C(=O)OC(C)(C)C)c1. The Kier molecular flexibility index (Phi) is 5.74. The first-order chi connectivity index (χ1) is 11.4. The Morgan fingerprint density at radius 1 is 1.04 bits per heavy atom. The first-order valence-electron chi connectivity index (χ1n) is 7.85. The number of hydrogen-bond donors (Lipinski definition) is 0. The molecule has 2 rings (SSSR count). The third-order valence-electron chi connectivity index (χ3n) is 3.20. The molecule has 0 radical (unpaired) electrons. The molecule has 2 aromatic rings. The molecule has 0 bridgehead atoms. The molecule has 24 heavy (non-hydrogen) atoms. The third kappa shape index (κ3) is 5.23. The van der Waals surface area contributed by atoms with E-state index < -0.39 is 11.6 Å². The van der Waals surface area contributed by atoms with Crippen LogP contribution in [0.1, 0.15) is 31.9 Å². The van der Waals surface area contributed by atoms with Crippen molar-refractivity contribution in [2.75, 3.05) is 7.11 Å². The second-order valence-corrected chi connectivity index (χ2v) is 6.38. The molecule has 0 heterocycles. The Morgan fingerprint density at radius 3 is 2.38 bits per heavy atom. The van der Waals surface area contributed by atoms with E-state index in [-0.39, 0.29) is 0 Å². The first kappa shape index (κ1) is 17.7. The highest BCUT2D eigenvalue weighted by Crippen LogP contribution is 2.17. The summed E-state index contributed by atoms with van der Waals surface area (Å²) in [6.45, 7) is 5.93. The van der Waals surface area contributed by atoms with Crippen molar-refractivity contribution in [3.8, 4) is 5.75 Å². The van der Waals surface area contributed by atoms with E-state index in [9.17, 15) is 4.79 Å². The van der Waals surface area contributed by atoms with Crippen LogP contribution in [0.5, 0.6) is 5.75 Å². The first-order valence-corrected chi connectivity index (χ1v) is 7.85. The van der Waals surface area contributed by atoms with Gasteiger partial charge in [-0.25, -0.2) is 4.79 Å². The average molecular weight is 325 g/mol. The number of nitrogens with zero attached hydrogens (tertiary/aromatic N) is 1. The smallest absolute Gasteiger partial charge is 0.357 e. The lowest BCUT2D eigenvalue weighted by Gasteiger charge is -2.20. The van der Waals surface area contributed by atoms with E-state index in [0.717, 1.165) is 5.56 Å². The minimum absolute atomic E-state index is 0.299. The lowest BCUT2D eigenvalue weighted by molar-refractivity contribution is -0.146. The van der Waals surface area contributed by atoms with Crippen molar-refractivity contribution in [2.24, 2.45) is 4.99 Å². The molecule has 0 unspecified atom stereocenters. The van der Waals surface area contributed by atoms with Crippen LogP contribution in [-0.4, -0.2) is 24.4 Å². The third-order valence-corrected chi connectivity index (χ3v) is 3.20. The highest BCUT2D eigenvalue weighted by molar-refractivity contribution is 6.43. The van der Waals surface area contributed by atoms with Crippen LogP contribution in [-0.2, 0) is 16.1 Å². The normalized spacial score (nSPS) is 11.9. The Labute approximate surface area is 143 Å². The van der Waals surface area contributed by atoms with Gasteiger partial charge in [-0.1, -0.05) is 42.5 Å². The van der Waals surface area contributed by atoms with Gasteiger partial charge in [0.25, 0.3) is 0 Å². The van der Waals surface area contributed by atoms with Gasteiger partial charge >= 0.3 is 5.97 Å². The summed E-state index contributed by atoms with van der Waals surface area (Å²) in [7, 11) is 1.59. The van der Waals surface area contributed by atoms with E-state index in [1.807, 2.05) is 69.3 Å². The largest absolute Gasteiger partial charge is 0.497 e. The summed E-state index contributed by atoms with van der Waals surface area (Å²) < 4.78 is 10.7. The minimum Gasteiger partial charge on any atom is -0.497 e. The van der Waals surface area contributed by atoms with Gasteiger partial charge in [0.15, 0.2) is 5.71 Å². The van der Waals surface area contributed by atoms with E-state index in [1.165, 1.54) is 0 Å². The van der Waals surface area contributed by atoms with Gasteiger partial charge in [-0.3, -0.25) is 4.99 Å². The zero-order valence-corrected chi connectivity index (χ0v) is 14.6. The minimum atomic E-state index is -0.580. The number of carbonyl (C=O) groups is 1. The maximum Gasteiger partial charge on any atom is 0.357 e. The fourth-order valence-electron chi connectivity index (χ4n) is 2.12. The van der Waals surface area contributed by atoms with Gasteiger partial charge < -0.3 is 9.47 Å². The number of rotatable bonds is 5. The van der Waals surface area contributed by atoms with Gasteiger partial charge in [-0.15, -0.1) is 0 Å². The lowest BCUT2D eigenvalue weighted by atomic mass is 10.1. The number of esters is 1. The fraction of sp³-hybridized carbons (Fsp3) is 0.300. The topological polar surface area (TPSA) is 47.9 Å². The van der Waals surface area contributed by atoms with Gasteiger partial charge in [0, 0.05) is 5.56 Å². The molecule has 0 spiro atoms. The predicted octanol–water partition coefficient (Wildman–Crippen LogP) is 4.03. The predicted molar refractivity (Wildman–Crippen MR) is 95.5 cm³/mol. The maximum absolute atomic E-state index is 12.6. The fourth-order valence-corrected chi connectivity index (χ4v) is 2.12. The van der Waals surface area contributed by atoms with Crippen molar-refractivity contribution in [1.29, 1.82) is 0 Å². The van der Waals surface area contributed by atoms with E-state index in [2.05, 4.69) is 4.99 Å². The van der Waals surface area contributed by atoms with Crippen LogP contribution >= 0.6 is 0 Å². The molecule has 126 valence electrons. The van der Waals surface area contributed by atoms with Crippen LogP contribution in [0.3, 0.4) is 0 Å². The van der Waals surface area contributed by atoms with Gasteiger partial charge in [0.1, 0.15) is 11.4 Å². The van der Waals surface area contributed by atoms with Crippen LogP contribution in [0.2, 0.25) is 0 Å². The lowest BCUT2D eigenvalue weighted by Crippen LogP contribution is -2.29. The molecule has 0 N–H and O–H groups in total. The summed E-state index contributed by atoms with van der Waals surface area (Å²) in [4.78, 5) is 17.1. The van der Waals surface area contributed by atoms with Crippen molar-refractivity contribution in [1.82, 2.24) is 0 Å². The number of ether oxygens (including phenoxy) is 2. The molecule has 0 fully saturated rings. The highest BCUT2D eigenvalue weighted by atomic mass is 16.6. The molecule has 0 aliphatic carbocycles. The molecule has 0 amide bonds. The summed E-state index contributed by atoms with van der Waals surface area (Å²) in [5, 5.41) is 0. The second kappa shape index (κ2) is 7.77. The second-order valence-electron chi connectivity index (χ2n) is 6.38. The number of carbonyl (C=O) groups excluding carboxylic acids is 1. The number of methoxy groups -OCH3 is 1. The van der Waals surface area contributed by atoms with E-state index >= 15 is 0 Å². The molecule has 0 saturated heterocycles. The van der Waals surface area contributed by atoms with Crippen molar-refractivity contribution < 1.29 is 14.3 Å².